The highest BCUT2D eigenvalue weighted by Gasteiger charge is 2.30. The van der Waals surface area contributed by atoms with Gasteiger partial charge in [-0.25, -0.2) is 0 Å². The Morgan fingerprint density at radius 1 is 1.40 bits per heavy atom. The highest BCUT2D eigenvalue weighted by Crippen LogP contribution is 2.23. The van der Waals surface area contributed by atoms with Gasteiger partial charge in [0, 0.05) is 14.2 Å². The first kappa shape index (κ1) is 12.1. The topological polar surface area (TPSA) is 74.1 Å². The first-order chi connectivity index (χ1) is 6.70. The summed E-state index contributed by atoms with van der Waals surface area (Å²) in [6, 6.07) is 0. The zero-order chi connectivity index (χ0) is 11.9. The van der Waals surface area contributed by atoms with E-state index in [2.05, 4.69) is 10.2 Å². The summed E-state index contributed by atoms with van der Waals surface area (Å²) < 4.78 is 40.1. The van der Waals surface area contributed by atoms with Crippen LogP contribution in [0.5, 0.6) is 0 Å². The van der Waals surface area contributed by atoms with Gasteiger partial charge >= 0.3 is 10.2 Å². The summed E-state index contributed by atoms with van der Waals surface area (Å²) >= 11 is 0. The number of nitrogens with zero attached hydrogens (tertiary/aromatic N) is 3. The van der Waals surface area contributed by atoms with E-state index < -0.39 is 21.0 Å². The molecule has 1 rings (SSSR count). The Bertz CT molecular complexity index is 466. The molecule has 0 bridgehead atoms. The minimum absolute atomic E-state index is 0.237. The van der Waals surface area contributed by atoms with Crippen LogP contribution in [0.1, 0.15) is 19.7 Å². The second-order valence-corrected chi connectivity index (χ2v) is 4.76. The summed E-state index contributed by atoms with van der Waals surface area (Å²) in [5.74, 6) is 0.237. The zero-order valence-corrected chi connectivity index (χ0v) is 9.67. The van der Waals surface area contributed by atoms with Crippen molar-refractivity contribution >= 4 is 10.2 Å². The van der Waals surface area contributed by atoms with Crippen LogP contribution in [-0.2, 0) is 27.6 Å². The van der Waals surface area contributed by atoms with Crippen LogP contribution in [-0.4, -0.2) is 30.3 Å². The maximum Gasteiger partial charge on any atom is 0.368 e. The van der Waals surface area contributed by atoms with Crippen LogP contribution in [0.15, 0.2) is 5.16 Å². The van der Waals surface area contributed by atoms with Crippen molar-refractivity contribution in [3.05, 3.63) is 5.82 Å². The van der Waals surface area contributed by atoms with Crippen molar-refractivity contribution in [3.8, 4) is 0 Å². The maximum atomic E-state index is 12.7. The summed E-state index contributed by atoms with van der Waals surface area (Å²) in [5, 5.41) is 6.14. The van der Waals surface area contributed by atoms with Crippen LogP contribution in [0.25, 0.3) is 0 Å². The first-order valence-corrected chi connectivity index (χ1v) is 5.48. The van der Waals surface area contributed by atoms with Gasteiger partial charge in [0.05, 0.1) is 0 Å². The van der Waals surface area contributed by atoms with Crippen LogP contribution < -0.4 is 0 Å². The van der Waals surface area contributed by atoms with E-state index in [1.165, 1.54) is 14.2 Å². The van der Waals surface area contributed by atoms with E-state index in [-0.39, 0.29) is 5.82 Å². The van der Waals surface area contributed by atoms with Crippen molar-refractivity contribution in [1.29, 1.82) is 0 Å². The third-order valence-electron chi connectivity index (χ3n) is 2.10. The Balaban J connectivity index is 3.34. The molecule has 0 amide bonds. The highest BCUT2D eigenvalue weighted by molar-refractivity contribution is 7.86. The molecule has 15 heavy (non-hydrogen) atoms. The smallest absolute Gasteiger partial charge is 0.368 e. The number of hydrogen-bond acceptors (Lipinski definition) is 5. The van der Waals surface area contributed by atoms with Crippen molar-refractivity contribution in [1.82, 2.24) is 14.8 Å². The van der Waals surface area contributed by atoms with Crippen molar-refractivity contribution in [2.75, 3.05) is 7.11 Å². The van der Waals surface area contributed by atoms with Gasteiger partial charge < -0.3 is 9.30 Å². The third-order valence-corrected chi connectivity index (χ3v) is 2.89. The van der Waals surface area contributed by atoms with Crippen molar-refractivity contribution in [2.24, 2.45) is 7.05 Å². The Hall–Kier alpha value is -1.02. The van der Waals surface area contributed by atoms with E-state index >= 15 is 0 Å². The van der Waals surface area contributed by atoms with E-state index in [4.69, 9.17) is 4.74 Å². The van der Waals surface area contributed by atoms with Crippen LogP contribution in [0, 0.1) is 0 Å². The van der Waals surface area contributed by atoms with E-state index in [1.807, 2.05) is 0 Å². The quantitative estimate of drug-likeness (QED) is 0.709. The molecule has 8 heteroatoms. The molecular formula is C7H12FN3O3S. The van der Waals surface area contributed by atoms with Crippen LogP contribution in [0.3, 0.4) is 0 Å². The molecular weight excluding hydrogens is 225 g/mol. The SMILES string of the molecule is COC(C)(C)c1nnc(S(=O)(=O)F)n1C. The van der Waals surface area contributed by atoms with Gasteiger partial charge in [-0.2, -0.15) is 8.42 Å². The zero-order valence-electron chi connectivity index (χ0n) is 8.85. The lowest BCUT2D eigenvalue weighted by atomic mass is 10.1. The highest BCUT2D eigenvalue weighted by atomic mass is 32.3. The molecule has 0 fully saturated rings. The molecule has 0 aliphatic carbocycles. The number of methoxy groups -OCH3 is 1. The molecule has 1 heterocycles. The fourth-order valence-electron chi connectivity index (χ4n) is 1.14. The molecule has 0 unspecified atom stereocenters. The molecule has 1 aromatic rings. The molecule has 1 aromatic heterocycles. The Morgan fingerprint density at radius 3 is 2.27 bits per heavy atom. The summed E-state index contributed by atoms with van der Waals surface area (Å²) in [5.41, 5.74) is -0.829. The van der Waals surface area contributed by atoms with Gasteiger partial charge in [-0.15, -0.1) is 10.2 Å². The number of rotatable bonds is 3. The third kappa shape index (κ3) is 2.15. The van der Waals surface area contributed by atoms with Crippen molar-refractivity contribution in [3.63, 3.8) is 0 Å². The minimum atomic E-state index is -4.85. The van der Waals surface area contributed by atoms with Crippen LogP contribution >= 0.6 is 0 Å². The van der Waals surface area contributed by atoms with Gasteiger partial charge in [0.25, 0.3) is 5.16 Å². The fourth-order valence-corrected chi connectivity index (χ4v) is 1.69. The molecule has 0 saturated heterocycles. The summed E-state index contributed by atoms with van der Waals surface area (Å²) in [7, 11) is -2.04. The van der Waals surface area contributed by atoms with Crippen LogP contribution in [0.2, 0.25) is 0 Å². The molecule has 0 aliphatic heterocycles. The molecule has 0 aliphatic rings. The van der Waals surface area contributed by atoms with Gasteiger partial charge in [-0.3, -0.25) is 0 Å². The van der Waals surface area contributed by atoms with Crippen molar-refractivity contribution < 1.29 is 17.0 Å². The fraction of sp³-hybridized carbons (Fsp3) is 0.714. The molecule has 0 N–H and O–H groups in total. The molecule has 0 saturated carbocycles. The minimum Gasteiger partial charge on any atom is -0.371 e. The van der Waals surface area contributed by atoms with Gasteiger partial charge in [-0.05, 0) is 13.8 Å². The van der Waals surface area contributed by atoms with E-state index in [0.717, 1.165) is 4.57 Å². The lowest BCUT2D eigenvalue weighted by molar-refractivity contribution is 0.00858. The lowest BCUT2D eigenvalue weighted by Gasteiger charge is -2.21. The summed E-state index contributed by atoms with van der Waals surface area (Å²) in [6.07, 6.45) is 0. The second kappa shape index (κ2) is 3.53. The molecule has 6 nitrogen and oxygen atoms in total. The molecule has 0 spiro atoms. The van der Waals surface area contributed by atoms with Crippen molar-refractivity contribution in [2.45, 2.75) is 24.6 Å². The average Bonchev–Trinajstić information content (AvgIpc) is 2.46. The Morgan fingerprint density at radius 2 is 1.93 bits per heavy atom. The Labute approximate surface area is 87.3 Å². The van der Waals surface area contributed by atoms with E-state index in [0.29, 0.717) is 0 Å². The van der Waals surface area contributed by atoms with Gasteiger partial charge in [-0.1, -0.05) is 3.89 Å². The molecule has 0 atom stereocenters. The monoisotopic (exact) mass is 237 g/mol. The average molecular weight is 237 g/mol. The molecule has 86 valence electrons. The van der Waals surface area contributed by atoms with E-state index in [9.17, 15) is 12.3 Å². The van der Waals surface area contributed by atoms with Gasteiger partial charge in [0.15, 0.2) is 5.82 Å². The normalized spacial score (nSPS) is 13.1. The molecule has 0 radical (unpaired) electrons. The predicted molar refractivity (Wildman–Crippen MR) is 49.3 cm³/mol. The van der Waals surface area contributed by atoms with Gasteiger partial charge in [0.1, 0.15) is 5.60 Å². The second-order valence-electron chi connectivity index (χ2n) is 3.52. The van der Waals surface area contributed by atoms with Crippen LogP contribution in [0.4, 0.5) is 3.89 Å². The number of halogens is 1. The van der Waals surface area contributed by atoms with Gasteiger partial charge in [0.2, 0.25) is 0 Å². The number of hydrogen-bond donors (Lipinski definition) is 0. The van der Waals surface area contributed by atoms with E-state index in [1.54, 1.807) is 13.8 Å². The standard InChI is InChI=1S/C7H12FN3O3S/c1-7(2,14-4)5-9-10-6(11(5)3)15(8,12)13/h1-4H3. The lowest BCUT2D eigenvalue weighted by Crippen LogP contribution is -2.24. The first-order valence-electron chi connectivity index (χ1n) is 4.10. The Kier molecular flexibility index (Phi) is 2.83. The predicted octanol–water partition coefficient (Wildman–Crippen LogP) is 0.355. The number of ether oxygens (including phenoxy) is 1. The molecule has 0 aromatic carbocycles. The number of aromatic nitrogens is 3. The largest absolute Gasteiger partial charge is 0.371 e. The maximum absolute atomic E-state index is 12.7. The summed E-state index contributed by atoms with van der Waals surface area (Å²) in [6.45, 7) is 3.34. The summed E-state index contributed by atoms with van der Waals surface area (Å²) in [4.78, 5) is 0.